The van der Waals surface area contributed by atoms with Gasteiger partial charge in [0.15, 0.2) is 0 Å². The first-order valence-corrected chi connectivity index (χ1v) is 16.1. The molecule has 0 aliphatic carbocycles. The van der Waals surface area contributed by atoms with E-state index in [2.05, 4.69) is 19.1 Å². The van der Waals surface area contributed by atoms with Crippen LogP contribution in [0.2, 0.25) is 0 Å². The van der Waals surface area contributed by atoms with Gasteiger partial charge in [-0.2, -0.15) is 0 Å². The quantitative estimate of drug-likeness (QED) is 0.286. The van der Waals surface area contributed by atoms with E-state index < -0.39 is 17.6 Å². The number of piperidine rings is 1. The summed E-state index contributed by atoms with van der Waals surface area (Å²) in [6.45, 7) is 9.33. The molecular formula is C38H50N4O3. The van der Waals surface area contributed by atoms with Gasteiger partial charge in [0.25, 0.3) is 0 Å². The first-order valence-electron chi connectivity index (χ1n) is 16.1. The third-order valence-electron chi connectivity index (χ3n) is 8.91. The SMILES string of the molecule is C/C(=C\C(=O)N(C)[C@H](Cc1ccc2ccccc2c1)C(=O)N(C)[C@H](Cc1ccccc1)C(=O)N1CCC(C)CC1)CC(C)(C)N. The van der Waals surface area contributed by atoms with Crippen molar-refractivity contribution in [3.05, 3.63) is 95.6 Å². The van der Waals surface area contributed by atoms with Crippen LogP contribution in [-0.4, -0.2) is 77.2 Å². The first kappa shape index (κ1) is 33.9. The highest BCUT2D eigenvalue weighted by atomic mass is 16.2. The van der Waals surface area contributed by atoms with Crippen LogP contribution in [0.15, 0.2) is 84.4 Å². The van der Waals surface area contributed by atoms with Crippen LogP contribution < -0.4 is 5.73 Å². The summed E-state index contributed by atoms with van der Waals surface area (Å²) in [5, 5.41) is 2.18. The molecule has 45 heavy (non-hydrogen) atoms. The molecule has 1 saturated heterocycles. The minimum atomic E-state index is -0.814. The Kier molecular flexibility index (Phi) is 11.2. The maximum Gasteiger partial charge on any atom is 0.246 e. The van der Waals surface area contributed by atoms with Gasteiger partial charge in [-0.05, 0) is 67.9 Å². The monoisotopic (exact) mass is 610 g/mol. The largest absolute Gasteiger partial charge is 0.341 e. The first-order chi connectivity index (χ1) is 21.3. The van der Waals surface area contributed by atoms with Gasteiger partial charge in [0.2, 0.25) is 17.7 Å². The molecule has 0 spiro atoms. The Balaban J connectivity index is 1.68. The highest BCUT2D eigenvalue weighted by molar-refractivity contribution is 5.95. The van der Waals surface area contributed by atoms with Crippen molar-refractivity contribution in [3.8, 4) is 0 Å². The Bertz CT molecular complexity index is 1500. The summed E-state index contributed by atoms with van der Waals surface area (Å²) in [6.07, 6.45) is 4.76. The molecule has 2 atom stereocenters. The number of likely N-dealkylation sites (N-methyl/N-ethyl adjacent to an activating group) is 2. The van der Waals surface area contributed by atoms with Crippen LogP contribution in [0.4, 0.5) is 0 Å². The second-order valence-corrected chi connectivity index (χ2v) is 13.7. The number of carbonyl (C=O) groups is 3. The molecule has 3 amide bonds. The van der Waals surface area contributed by atoms with E-state index >= 15 is 0 Å². The fraction of sp³-hybridized carbons (Fsp3) is 0.447. The molecule has 4 rings (SSSR count). The lowest BCUT2D eigenvalue weighted by Gasteiger charge is -2.38. The summed E-state index contributed by atoms with van der Waals surface area (Å²) in [4.78, 5) is 47.3. The van der Waals surface area contributed by atoms with Crippen LogP contribution in [0.3, 0.4) is 0 Å². The number of hydrogen-bond acceptors (Lipinski definition) is 4. The smallest absolute Gasteiger partial charge is 0.246 e. The van der Waals surface area contributed by atoms with Crippen LogP contribution in [0.5, 0.6) is 0 Å². The zero-order chi connectivity index (χ0) is 32.7. The lowest BCUT2D eigenvalue weighted by atomic mass is 9.95. The predicted molar refractivity (Wildman–Crippen MR) is 183 cm³/mol. The Labute approximate surface area is 269 Å². The lowest BCUT2D eigenvalue weighted by Crippen LogP contribution is -2.57. The van der Waals surface area contributed by atoms with E-state index in [4.69, 9.17) is 5.73 Å². The van der Waals surface area contributed by atoms with Gasteiger partial charge in [0, 0.05) is 51.6 Å². The van der Waals surface area contributed by atoms with E-state index in [0.717, 1.165) is 40.3 Å². The molecule has 240 valence electrons. The van der Waals surface area contributed by atoms with Crippen molar-refractivity contribution < 1.29 is 14.4 Å². The third kappa shape index (κ3) is 9.27. The topological polar surface area (TPSA) is 87.0 Å². The Hall–Kier alpha value is -3.97. The maximum atomic E-state index is 14.6. The Morgan fingerprint density at radius 3 is 2.11 bits per heavy atom. The van der Waals surface area contributed by atoms with Crippen molar-refractivity contribution in [1.82, 2.24) is 14.7 Å². The number of nitrogens with zero attached hydrogens (tertiary/aromatic N) is 3. The van der Waals surface area contributed by atoms with E-state index in [-0.39, 0.29) is 17.7 Å². The number of carbonyl (C=O) groups excluding carboxylic acids is 3. The van der Waals surface area contributed by atoms with E-state index in [1.165, 1.54) is 4.90 Å². The van der Waals surface area contributed by atoms with Gasteiger partial charge >= 0.3 is 0 Å². The van der Waals surface area contributed by atoms with Gasteiger partial charge in [-0.1, -0.05) is 85.3 Å². The average molecular weight is 611 g/mol. The summed E-state index contributed by atoms with van der Waals surface area (Å²) < 4.78 is 0. The van der Waals surface area contributed by atoms with E-state index in [0.29, 0.717) is 38.3 Å². The maximum absolute atomic E-state index is 14.6. The van der Waals surface area contributed by atoms with Crippen LogP contribution in [0.25, 0.3) is 10.8 Å². The molecule has 1 aliphatic rings. The highest BCUT2D eigenvalue weighted by Crippen LogP contribution is 2.23. The van der Waals surface area contributed by atoms with Crippen LogP contribution in [-0.2, 0) is 27.2 Å². The van der Waals surface area contributed by atoms with Gasteiger partial charge in [-0.25, -0.2) is 0 Å². The molecule has 0 bridgehead atoms. The summed E-state index contributed by atoms with van der Waals surface area (Å²) in [7, 11) is 3.39. The normalized spacial score (nSPS) is 15.9. The molecule has 7 heteroatoms. The van der Waals surface area contributed by atoms with E-state index in [1.807, 2.05) is 86.3 Å². The van der Waals surface area contributed by atoms with Crippen molar-refractivity contribution in [2.75, 3.05) is 27.2 Å². The van der Waals surface area contributed by atoms with Gasteiger partial charge in [-0.15, -0.1) is 0 Å². The third-order valence-corrected chi connectivity index (χ3v) is 8.91. The average Bonchev–Trinajstić information content (AvgIpc) is 3.01. The number of rotatable bonds is 11. The minimum Gasteiger partial charge on any atom is -0.341 e. The van der Waals surface area contributed by atoms with Crippen molar-refractivity contribution >= 4 is 28.5 Å². The second kappa shape index (κ2) is 14.9. The molecule has 1 aliphatic heterocycles. The lowest BCUT2D eigenvalue weighted by molar-refractivity contribution is -0.149. The molecule has 2 N–H and O–H groups in total. The second-order valence-electron chi connectivity index (χ2n) is 13.7. The number of likely N-dealkylation sites (tertiary alicyclic amines) is 1. The Morgan fingerprint density at radius 2 is 1.47 bits per heavy atom. The van der Waals surface area contributed by atoms with Crippen molar-refractivity contribution in [1.29, 1.82) is 0 Å². The number of amides is 3. The van der Waals surface area contributed by atoms with Crippen molar-refractivity contribution in [2.45, 2.75) is 77.4 Å². The number of nitrogens with two attached hydrogens (primary N) is 1. The molecule has 0 radical (unpaired) electrons. The summed E-state index contributed by atoms with van der Waals surface area (Å²) in [5.74, 6) is 0.0124. The molecule has 0 unspecified atom stereocenters. The van der Waals surface area contributed by atoms with Gasteiger partial charge < -0.3 is 20.4 Å². The standard InChI is InChI=1S/C38H50N4O3/c1-27-18-20-42(21-19-27)37(45)34(24-29-12-8-7-9-13-29)41(6)36(44)33(40(5)35(43)22-28(2)26-38(3,4)39)25-30-16-17-31-14-10-11-15-32(31)23-30/h7-17,22-23,27,33-34H,18-21,24-26,39H2,1-6H3/b28-22+/t33-,34-/m1/s1. The summed E-state index contributed by atoms with van der Waals surface area (Å²) in [6, 6.07) is 22.6. The minimum absolute atomic E-state index is 0.0408. The molecule has 0 aromatic heterocycles. The molecule has 0 saturated carbocycles. The molecule has 3 aromatic rings. The molecule has 7 nitrogen and oxygen atoms in total. The van der Waals surface area contributed by atoms with Gasteiger partial charge in [-0.3, -0.25) is 14.4 Å². The Morgan fingerprint density at radius 1 is 0.867 bits per heavy atom. The molecule has 3 aromatic carbocycles. The predicted octanol–water partition coefficient (Wildman–Crippen LogP) is 5.61. The number of benzene rings is 3. The number of hydrogen-bond donors (Lipinski definition) is 1. The fourth-order valence-electron chi connectivity index (χ4n) is 6.27. The summed E-state index contributed by atoms with van der Waals surface area (Å²) >= 11 is 0. The van der Waals surface area contributed by atoms with Crippen molar-refractivity contribution in [2.24, 2.45) is 11.7 Å². The summed E-state index contributed by atoms with van der Waals surface area (Å²) in [5.41, 5.74) is 8.53. The van der Waals surface area contributed by atoms with E-state index in [1.54, 1.807) is 25.1 Å². The van der Waals surface area contributed by atoms with Gasteiger partial charge in [0.1, 0.15) is 12.1 Å². The van der Waals surface area contributed by atoms with Crippen LogP contribution in [0.1, 0.15) is 58.1 Å². The van der Waals surface area contributed by atoms with Crippen molar-refractivity contribution in [3.63, 3.8) is 0 Å². The number of fused-ring (bicyclic) bond motifs is 1. The van der Waals surface area contributed by atoms with Gasteiger partial charge in [0.05, 0.1) is 0 Å². The zero-order valence-corrected chi connectivity index (χ0v) is 27.8. The van der Waals surface area contributed by atoms with Crippen LogP contribution >= 0.6 is 0 Å². The zero-order valence-electron chi connectivity index (χ0n) is 27.8. The molecule has 1 fully saturated rings. The molecular weight excluding hydrogens is 560 g/mol. The van der Waals surface area contributed by atoms with Crippen LogP contribution in [0, 0.1) is 5.92 Å². The fourth-order valence-corrected chi connectivity index (χ4v) is 6.27. The van der Waals surface area contributed by atoms with E-state index in [9.17, 15) is 14.4 Å². The highest BCUT2D eigenvalue weighted by Gasteiger charge is 2.37. The molecule has 1 heterocycles.